The summed E-state index contributed by atoms with van der Waals surface area (Å²) in [4.78, 5) is 8.90. The van der Waals surface area contributed by atoms with Crippen molar-refractivity contribution < 1.29 is 4.74 Å². The first-order valence-electron chi connectivity index (χ1n) is 10.4. The van der Waals surface area contributed by atoms with Crippen LogP contribution >= 0.6 is 0 Å². The average molecular weight is 386 g/mol. The van der Waals surface area contributed by atoms with Crippen molar-refractivity contribution in [1.82, 2.24) is 4.98 Å². The van der Waals surface area contributed by atoms with E-state index in [4.69, 9.17) is 4.74 Å². The van der Waals surface area contributed by atoms with Gasteiger partial charge in [0, 0.05) is 62.8 Å². The molecule has 2 aliphatic rings. The summed E-state index contributed by atoms with van der Waals surface area (Å²) in [6.07, 6.45) is 5.92. The SMILES string of the molecule is c1ccc2c(c1)NCCN2c1ccc(N2CCC(Oc3ccncc3)CC2)cc1. The second kappa shape index (κ2) is 8.03. The molecule has 0 spiro atoms. The molecule has 5 rings (SSSR count). The number of piperidine rings is 1. The van der Waals surface area contributed by atoms with Gasteiger partial charge in [0.05, 0.1) is 11.4 Å². The zero-order valence-corrected chi connectivity index (χ0v) is 16.5. The van der Waals surface area contributed by atoms with Gasteiger partial charge in [-0.1, -0.05) is 12.1 Å². The molecule has 0 radical (unpaired) electrons. The predicted octanol–water partition coefficient (Wildman–Crippen LogP) is 4.69. The molecule has 1 fully saturated rings. The number of nitrogens with zero attached hydrogens (tertiary/aromatic N) is 3. The van der Waals surface area contributed by atoms with Gasteiger partial charge in [0.2, 0.25) is 0 Å². The molecule has 0 amide bonds. The third kappa shape index (κ3) is 3.86. The molecule has 1 saturated heterocycles. The number of aromatic nitrogens is 1. The van der Waals surface area contributed by atoms with Crippen LogP contribution in [-0.4, -0.2) is 37.3 Å². The van der Waals surface area contributed by atoms with Crippen molar-refractivity contribution in [2.24, 2.45) is 0 Å². The number of fused-ring (bicyclic) bond motifs is 1. The van der Waals surface area contributed by atoms with Crippen LogP contribution in [0.1, 0.15) is 12.8 Å². The van der Waals surface area contributed by atoms with E-state index >= 15 is 0 Å². The third-order valence-electron chi connectivity index (χ3n) is 5.77. The maximum Gasteiger partial charge on any atom is 0.122 e. The van der Waals surface area contributed by atoms with Crippen LogP contribution in [0.3, 0.4) is 0 Å². The largest absolute Gasteiger partial charge is 0.490 e. The summed E-state index contributed by atoms with van der Waals surface area (Å²) in [5.41, 5.74) is 5.00. The highest BCUT2D eigenvalue weighted by Gasteiger charge is 2.22. The second-order valence-corrected chi connectivity index (χ2v) is 7.60. The van der Waals surface area contributed by atoms with E-state index in [0.717, 1.165) is 44.8 Å². The maximum atomic E-state index is 6.09. The van der Waals surface area contributed by atoms with E-state index in [1.54, 1.807) is 12.4 Å². The Labute approximate surface area is 171 Å². The van der Waals surface area contributed by atoms with Crippen molar-refractivity contribution in [2.45, 2.75) is 18.9 Å². The fraction of sp³-hybridized carbons (Fsp3) is 0.292. The van der Waals surface area contributed by atoms with Gasteiger partial charge in [-0.15, -0.1) is 0 Å². The van der Waals surface area contributed by atoms with Crippen molar-refractivity contribution in [3.63, 3.8) is 0 Å². The van der Waals surface area contributed by atoms with E-state index in [-0.39, 0.29) is 6.10 Å². The smallest absolute Gasteiger partial charge is 0.122 e. The number of para-hydroxylation sites is 2. The highest BCUT2D eigenvalue weighted by Crippen LogP contribution is 2.35. The van der Waals surface area contributed by atoms with Gasteiger partial charge in [-0.3, -0.25) is 4.98 Å². The molecule has 0 atom stereocenters. The standard InChI is InChI=1S/C24H26N4O/c1-2-4-24-23(3-1)26-15-18-28(24)20-7-5-19(6-8-20)27-16-11-22(12-17-27)29-21-9-13-25-14-10-21/h1-10,13-14,22,26H,11-12,15-18H2. The summed E-state index contributed by atoms with van der Waals surface area (Å²) < 4.78 is 6.09. The molecule has 0 unspecified atom stereocenters. The Morgan fingerprint density at radius 1 is 0.828 bits per heavy atom. The molecule has 5 heteroatoms. The van der Waals surface area contributed by atoms with E-state index in [1.165, 1.54) is 22.7 Å². The molecular weight excluding hydrogens is 360 g/mol. The van der Waals surface area contributed by atoms with Gasteiger partial charge in [0.15, 0.2) is 0 Å². The first-order valence-corrected chi connectivity index (χ1v) is 10.4. The molecule has 148 valence electrons. The fourth-order valence-electron chi connectivity index (χ4n) is 4.23. The number of benzene rings is 2. The normalized spacial score (nSPS) is 16.8. The topological polar surface area (TPSA) is 40.6 Å². The van der Waals surface area contributed by atoms with Gasteiger partial charge in [0.1, 0.15) is 11.9 Å². The van der Waals surface area contributed by atoms with Crippen molar-refractivity contribution in [2.75, 3.05) is 41.3 Å². The van der Waals surface area contributed by atoms with E-state index in [1.807, 2.05) is 12.1 Å². The second-order valence-electron chi connectivity index (χ2n) is 7.60. The molecule has 0 bridgehead atoms. The lowest BCUT2D eigenvalue weighted by Crippen LogP contribution is -2.38. The molecule has 1 N–H and O–H groups in total. The lowest BCUT2D eigenvalue weighted by Gasteiger charge is -2.35. The Morgan fingerprint density at radius 3 is 2.34 bits per heavy atom. The van der Waals surface area contributed by atoms with E-state index in [9.17, 15) is 0 Å². The Morgan fingerprint density at radius 2 is 1.55 bits per heavy atom. The van der Waals surface area contributed by atoms with Crippen molar-refractivity contribution in [3.8, 4) is 5.75 Å². The average Bonchev–Trinajstić information content (AvgIpc) is 2.80. The Hall–Kier alpha value is -3.21. The number of pyridine rings is 1. The summed E-state index contributed by atoms with van der Waals surface area (Å²) in [7, 11) is 0. The van der Waals surface area contributed by atoms with Crippen LogP contribution in [0.5, 0.6) is 5.75 Å². The summed E-state index contributed by atoms with van der Waals surface area (Å²) in [5, 5.41) is 3.48. The van der Waals surface area contributed by atoms with Crippen molar-refractivity contribution in [1.29, 1.82) is 0 Å². The molecule has 3 heterocycles. The molecule has 29 heavy (non-hydrogen) atoms. The highest BCUT2D eigenvalue weighted by molar-refractivity contribution is 5.78. The molecular formula is C24H26N4O. The minimum Gasteiger partial charge on any atom is -0.490 e. The van der Waals surface area contributed by atoms with Gasteiger partial charge in [-0.05, 0) is 48.5 Å². The first kappa shape index (κ1) is 17.9. The zero-order chi connectivity index (χ0) is 19.5. The van der Waals surface area contributed by atoms with Gasteiger partial charge in [0.25, 0.3) is 0 Å². The fourth-order valence-corrected chi connectivity index (χ4v) is 4.23. The van der Waals surface area contributed by atoms with E-state index in [0.29, 0.717) is 0 Å². The summed E-state index contributed by atoms with van der Waals surface area (Å²) >= 11 is 0. The van der Waals surface area contributed by atoms with E-state index < -0.39 is 0 Å². The minimum absolute atomic E-state index is 0.283. The Bertz CT molecular complexity index is 937. The van der Waals surface area contributed by atoms with Gasteiger partial charge in [-0.25, -0.2) is 0 Å². The van der Waals surface area contributed by atoms with Gasteiger partial charge in [-0.2, -0.15) is 0 Å². The first-order chi connectivity index (χ1) is 14.4. The predicted molar refractivity (Wildman–Crippen MR) is 118 cm³/mol. The van der Waals surface area contributed by atoms with Gasteiger partial charge < -0.3 is 19.9 Å². The van der Waals surface area contributed by atoms with Crippen molar-refractivity contribution >= 4 is 22.7 Å². The number of rotatable bonds is 4. The monoisotopic (exact) mass is 386 g/mol. The van der Waals surface area contributed by atoms with Crippen LogP contribution in [-0.2, 0) is 0 Å². The molecule has 1 aromatic heterocycles. The number of ether oxygens (including phenoxy) is 1. The van der Waals surface area contributed by atoms with E-state index in [2.05, 4.69) is 68.6 Å². The lowest BCUT2D eigenvalue weighted by molar-refractivity contribution is 0.171. The van der Waals surface area contributed by atoms with Crippen LogP contribution in [0, 0.1) is 0 Å². The minimum atomic E-state index is 0.283. The number of anilines is 4. The van der Waals surface area contributed by atoms with Crippen LogP contribution < -0.4 is 19.9 Å². The van der Waals surface area contributed by atoms with Gasteiger partial charge >= 0.3 is 0 Å². The molecule has 2 aliphatic heterocycles. The zero-order valence-electron chi connectivity index (χ0n) is 16.5. The Balaban J connectivity index is 1.23. The number of hydrogen-bond donors (Lipinski definition) is 1. The maximum absolute atomic E-state index is 6.09. The third-order valence-corrected chi connectivity index (χ3v) is 5.77. The van der Waals surface area contributed by atoms with Crippen LogP contribution in [0.2, 0.25) is 0 Å². The molecule has 5 nitrogen and oxygen atoms in total. The highest BCUT2D eigenvalue weighted by atomic mass is 16.5. The molecule has 0 saturated carbocycles. The molecule has 3 aromatic rings. The lowest BCUT2D eigenvalue weighted by atomic mass is 10.1. The van der Waals surface area contributed by atoms with Crippen LogP contribution in [0.4, 0.5) is 22.7 Å². The Kier molecular flexibility index (Phi) is 4.95. The quantitative estimate of drug-likeness (QED) is 0.704. The summed E-state index contributed by atoms with van der Waals surface area (Å²) in [6.45, 7) is 3.98. The van der Waals surface area contributed by atoms with Crippen molar-refractivity contribution in [3.05, 3.63) is 73.1 Å². The summed E-state index contributed by atoms with van der Waals surface area (Å²) in [6, 6.07) is 21.4. The molecule has 0 aliphatic carbocycles. The van der Waals surface area contributed by atoms with Crippen LogP contribution in [0.15, 0.2) is 73.1 Å². The number of nitrogens with one attached hydrogen (secondary N) is 1. The summed E-state index contributed by atoms with van der Waals surface area (Å²) in [5.74, 6) is 0.916. The van der Waals surface area contributed by atoms with Crippen LogP contribution in [0.25, 0.3) is 0 Å². The molecule has 2 aromatic carbocycles. The number of hydrogen-bond acceptors (Lipinski definition) is 5.